The van der Waals surface area contributed by atoms with Gasteiger partial charge in [-0.3, -0.25) is 9.59 Å². The van der Waals surface area contributed by atoms with E-state index in [-0.39, 0.29) is 18.4 Å². The van der Waals surface area contributed by atoms with Crippen LogP contribution in [0.3, 0.4) is 0 Å². The highest BCUT2D eigenvalue weighted by Crippen LogP contribution is 2.25. The summed E-state index contributed by atoms with van der Waals surface area (Å²) in [6.07, 6.45) is 0. The summed E-state index contributed by atoms with van der Waals surface area (Å²) in [5, 5.41) is 3.48. The second-order valence-corrected chi connectivity index (χ2v) is 5.52. The maximum absolute atomic E-state index is 11.7. The molecule has 96 valence electrons. The standard InChI is InChI=1S/C11H10Cl2N2O2S/c12-8-2-1-7(3-9(8)13)14-10(16)4-15-6-18-5-11(15)17/h1-3H,4-6H2,(H,14,16). The molecule has 1 aromatic carbocycles. The van der Waals surface area contributed by atoms with Gasteiger partial charge in [0.2, 0.25) is 11.8 Å². The van der Waals surface area contributed by atoms with Crippen molar-refractivity contribution in [2.24, 2.45) is 0 Å². The molecule has 1 fully saturated rings. The summed E-state index contributed by atoms with van der Waals surface area (Å²) in [5.41, 5.74) is 0.564. The highest BCUT2D eigenvalue weighted by atomic mass is 35.5. The van der Waals surface area contributed by atoms with Gasteiger partial charge in [-0.15, -0.1) is 11.8 Å². The number of nitrogens with zero attached hydrogens (tertiary/aromatic N) is 1. The molecule has 0 atom stereocenters. The lowest BCUT2D eigenvalue weighted by molar-refractivity contribution is -0.130. The first-order valence-corrected chi connectivity index (χ1v) is 7.08. The van der Waals surface area contributed by atoms with Crippen molar-refractivity contribution in [2.45, 2.75) is 0 Å². The van der Waals surface area contributed by atoms with Crippen LogP contribution in [0.2, 0.25) is 10.0 Å². The molecule has 2 rings (SSSR count). The minimum atomic E-state index is -0.246. The molecule has 1 heterocycles. The topological polar surface area (TPSA) is 49.4 Å². The van der Waals surface area contributed by atoms with Gasteiger partial charge in [0, 0.05) is 5.69 Å². The van der Waals surface area contributed by atoms with Crippen LogP contribution in [0.4, 0.5) is 5.69 Å². The van der Waals surface area contributed by atoms with E-state index in [1.807, 2.05) is 0 Å². The number of hydrogen-bond acceptors (Lipinski definition) is 3. The predicted molar refractivity (Wildman–Crippen MR) is 74.1 cm³/mol. The lowest BCUT2D eigenvalue weighted by Gasteiger charge is -2.14. The zero-order chi connectivity index (χ0) is 13.1. The van der Waals surface area contributed by atoms with E-state index in [1.54, 1.807) is 18.2 Å². The van der Waals surface area contributed by atoms with Gasteiger partial charge in [0.05, 0.1) is 21.7 Å². The average Bonchev–Trinajstić information content (AvgIpc) is 2.70. The normalized spacial score (nSPS) is 15.0. The molecule has 0 bridgehead atoms. The fraction of sp³-hybridized carbons (Fsp3) is 0.273. The molecular formula is C11H10Cl2N2O2S. The third-order valence-corrected chi connectivity index (χ3v) is 4.05. The van der Waals surface area contributed by atoms with E-state index in [4.69, 9.17) is 23.2 Å². The molecule has 1 aliphatic heterocycles. The molecule has 18 heavy (non-hydrogen) atoms. The number of carbonyl (C=O) groups is 2. The minimum Gasteiger partial charge on any atom is -0.324 e. The first-order valence-electron chi connectivity index (χ1n) is 5.16. The Bertz CT molecular complexity index is 496. The summed E-state index contributed by atoms with van der Waals surface area (Å²) in [5.74, 6) is 0.752. The molecule has 0 saturated carbocycles. The number of anilines is 1. The molecule has 0 aliphatic carbocycles. The Kier molecular flexibility index (Phi) is 4.37. The van der Waals surface area contributed by atoms with Crippen LogP contribution in [0.1, 0.15) is 0 Å². The minimum absolute atomic E-state index is 0.00992. The number of rotatable bonds is 3. The second kappa shape index (κ2) is 5.82. The van der Waals surface area contributed by atoms with Gasteiger partial charge in [0.15, 0.2) is 0 Å². The summed E-state index contributed by atoms with van der Waals surface area (Å²) in [7, 11) is 0. The van der Waals surface area contributed by atoms with E-state index in [0.29, 0.717) is 27.4 Å². The fourth-order valence-electron chi connectivity index (χ4n) is 1.49. The Morgan fingerprint density at radius 1 is 1.39 bits per heavy atom. The number of hydrogen-bond donors (Lipinski definition) is 1. The molecule has 0 spiro atoms. The third kappa shape index (κ3) is 3.31. The lowest BCUT2D eigenvalue weighted by atomic mass is 10.3. The monoisotopic (exact) mass is 304 g/mol. The number of benzene rings is 1. The zero-order valence-corrected chi connectivity index (χ0v) is 11.6. The van der Waals surface area contributed by atoms with E-state index in [9.17, 15) is 9.59 Å². The molecule has 1 N–H and O–H groups in total. The van der Waals surface area contributed by atoms with Gasteiger partial charge in [-0.05, 0) is 18.2 Å². The van der Waals surface area contributed by atoms with E-state index >= 15 is 0 Å². The van der Waals surface area contributed by atoms with Crippen LogP contribution in [0.15, 0.2) is 18.2 Å². The number of thioether (sulfide) groups is 1. The third-order valence-electron chi connectivity index (χ3n) is 2.36. The van der Waals surface area contributed by atoms with Crippen LogP contribution in [0, 0.1) is 0 Å². The van der Waals surface area contributed by atoms with Crippen molar-refractivity contribution in [3.63, 3.8) is 0 Å². The van der Waals surface area contributed by atoms with Crippen LogP contribution >= 0.6 is 35.0 Å². The molecule has 2 amide bonds. The number of amides is 2. The maximum Gasteiger partial charge on any atom is 0.244 e. The van der Waals surface area contributed by atoms with Gasteiger partial charge in [0.1, 0.15) is 6.54 Å². The molecule has 0 radical (unpaired) electrons. The largest absolute Gasteiger partial charge is 0.324 e. The first-order chi connectivity index (χ1) is 8.56. The molecule has 0 unspecified atom stereocenters. The fourth-order valence-corrected chi connectivity index (χ4v) is 2.69. The molecule has 1 aliphatic rings. The zero-order valence-electron chi connectivity index (χ0n) is 9.28. The summed E-state index contributed by atoms with van der Waals surface area (Å²) in [6, 6.07) is 4.84. The molecular weight excluding hydrogens is 295 g/mol. The van der Waals surface area contributed by atoms with E-state index in [2.05, 4.69) is 5.32 Å². The van der Waals surface area contributed by atoms with E-state index in [1.165, 1.54) is 16.7 Å². The van der Waals surface area contributed by atoms with Crippen molar-refractivity contribution < 1.29 is 9.59 Å². The lowest BCUT2D eigenvalue weighted by Crippen LogP contribution is -2.34. The Labute approximate surface area is 119 Å². The average molecular weight is 305 g/mol. The van der Waals surface area contributed by atoms with Crippen LogP contribution in [0.5, 0.6) is 0 Å². The Morgan fingerprint density at radius 2 is 2.17 bits per heavy atom. The summed E-state index contributed by atoms with van der Waals surface area (Å²) < 4.78 is 0. The quantitative estimate of drug-likeness (QED) is 0.933. The van der Waals surface area contributed by atoms with E-state index < -0.39 is 0 Å². The van der Waals surface area contributed by atoms with Crippen molar-refractivity contribution in [3.05, 3.63) is 28.2 Å². The van der Waals surface area contributed by atoms with Gasteiger partial charge in [-0.25, -0.2) is 0 Å². The van der Waals surface area contributed by atoms with Crippen molar-refractivity contribution >= 4 is 52.5 Å². The molecule has 1 aromatic rings. The Morgan fingerprint density at radius 3 is 2.78 bits per heavy atom. The predicted octanol–water partition coefficient (Wildman–Crippen LogP) is 2.46. The Hall–Kier alpha value is -0.910. The maximum atomic E-state index is 11.7. The van der Waals surface area contributed by atoms with Crippen LogP contribution in [-0.2, 0) is 9.59 Å². The molecule has 7 heteroatoms. The number of nitrogens with one attached hydrogen (secondary N) is 1. The highest BCUT2D eigenvalue weighted by Gasteiger charge is 2.22. The van der Waals surface area contributed by atoms with E-state index in [0.717, 1.165) is 0 Å². The van der Waals surface area contributed by atoms with Gasteiger partial charge in [-0.1, -0.05) is 23.2 Å². The second-order valence-electron chi connectivity index (χ2n) is 3.75. The van der Waals surface area contributed by atoms with Crippen LogP contribution in [-0.4, -0.2) is 34.9 Å². The highest BCUT2D eigenvalue weighted by molar-refractivity contribution is 8.00. The van der Waals surface area contributed by atoms with Gasteiger partial charge < -0.3 is 10.2 Å². The number of carbonyl (C=O) groups excluding carboxylic acids is 2. The molecule has 1 saturated heterocycles. The first kappa shape index (κ1) is 13.5. The van der Waals surface area contributed by atoms with Crippen molar-refractivity contribution in [1.82, 2.24) is 4.90 Å². The van der Waals surface area contributed by atoms with Gasteiger partial charge in [0.25, 0.3) is 0 Å². The van der Waals surface area contributed by atoms with Crippen molar-refractivity contribution in [2.75, 3.05) is 23.5 Å². The van der Waals surface area contributed by atoms with Crippen molar-refractivity contribution in [1.29, 1.82) is 0 Å². The SMILES string of the molecule is O=C(CN1CSCC1=O)Nc1ccc(Cl)c(Cl)c1. The summed E-state index contributed by atoms with van der Waals surface area (Å²) in [6.45, 7) is 0.0616. The summed E-state index contributed by atoms with van der Waals surface area (Å²) in [4.78, 5) is 24.6. The molecule has 4 nitrogen and oxygen atoms in total. The summed E-state index contributed by atoms with van der Waals surface area (Å²) >= 11 is 13.1. The Balaban J connectivity index is 1.94. The van der Waals surface area contributed by atoms with Crippen LogP contribution in [0.25, 0.3) is 0 Å². The van der Waals surface area contributed by atoms with Crippen molar-refractivity contribution in [3.8, 4) is 0 Å². The number of halogens is 2. The van der Waals surface area contributed by atoms with Crippen LogP contribution < -0.4 is 5.32 Å². The molecule has 0 aromatic heterocycles. The smallest absolute Gasteiger partial charge is 0.244 e. The van der Waals surface area contributed by atoms with Gasteiger partial charge >= 0.3 is 0 Å². The van der Waals surface area contributed by atoms with Gasteiger partial charge in [-0.2, -0.15) is 0 Å².